The second kappa shape index (κ2) is 8.32. The van der Waals surface area contributed by atoms with E-state index in [1.807, 2.05) is 12.4 Å². The summed E-state index contributed by atoms with van der Waals surface area (Å²) in [4.78, 5) is 11.6. The Hall–Kier alpha value is -1.16. The van der Waals surface area contributed by atoms with Crippen LogP contribution in [-0.4, -0.2) is 29.6 Å². The Bertz CT molecular complexity index is 402. The van der Waals surface area contributed by atoms with Crippen LogP contribution in [-0.2, 0) is 6.54 Å². The molecule has 4 nitrogen and oxygen atoms in total. The van der Waals surface area contributed by atoms with Gasteiger partial charge in [0, 0.05) is 19.6 Å². The van der Waals surface area contributed by atoms with Crippen molar-refractivity contribution in [2.45, 2.75) is 53.0 Å². The molecule has 1 aliphatic rings. The van der Waals surface area contributed by atoms with E-state index in [0.29, 0.717) is 5.92 Å². The number of aromatic nitrogens is 2. The van der Waals surface area contributed by atoms with Crippen LogP contribution < -0.4 is 10.2 Å². The van der Waals surface area contributed by atoms with E-state index in [2.05, 4.69) is 41.0 Å². The molecule has 2 heterocycles. The van der Waals surface area contributed by atoms with Crippen molar-refractivity contribution in [1.82, 2.24) is 15.3 Å². The number of rotatable bonds is 6. The Morgan fingerprint density at radius 1 is 1.24 bits per heavy atom. The highest BCUT2D eigenvalue weighted by atomic mass is 15.2. The van der Waals surface area contributed by atoms with Gasteiger partial charge in [0.2, 0.25) is 0 Å². The van der Waals surface area contributed by atoms with Crippen LogP contribution in [0.1, 0.15) is 52.1 Å². The highest BCUT2D eigenvalue weighted by Crippen LogP contribution is 2.22. The van der Waals surface area contributed by atoms with Crippen LogP contribution in [0.25, 0.3) is 0 Å². The zero-order valence-electron chi connectivity index (χ0n) is 13.8. The first kappa shape index (κ1) is 16.2. The number of hydrogen-bond acceptors (Lipinski definition) is 4. The smallest absolute Gasteiger partial charge is 0.147 e. The summed E-state index contributed by atoms with van der Waals surface area (Å²) in [5.41, 5.74) is 1.03. The molecule has 1 fully saturated rings. The molecule has 1 atom stereocenters. The zero-order chi connectivity index (χ0) is 15.1. The highest BCUT2D eigenvalue weighted by Gasteiger charge is 2.16. The molecule has 0 aliphatic carbocycles. The van der Waals surface area contributed by atoms with Gasteiger partial charge in [0.15, 0.2) is 0 Å². The molecular weight excluding hydrogens is 260 g/mol. The molecule has 2 rings (SSSR count). The summed E-state index contributed by atoms with van der Waals surface area (Å²) in [6.45, 7) is 10.8. The average molecular weight is 290 g/mol. The van der Waals surface area contributed by atoms with Crippen molar-refractivity contribution >= 4 is 5.82 Å². The number of anilines is 1. The fraction of sp³-hybridized carbons (Fsp3) is 0.765. The van der Waals surface area contributed by atoms with Gasteiger partial charge in [-0.2, -0.15) is 0 Å². The van der Waals surface area contributed by atoms with Gasteiger partial charge in [-0.05, 0) is 37.6 Å². The number of hydrogen-bond donors (Lipinski definition) is 1. The fourth-order valence-corrected chi connectivity index (χ4v) is 2.89. The van der Waals surface area contributed by atoms with E-state index in [9.17, 15) is 0 Å². The molecule has 0 bridgehead atoms. The van der Waals surface area contributed by atoms with Crippen molar-refractivity contribution in [3.8, 4) is 0 Å². The topological polar surface area (TPSA) is 41.1 Å². The van der Waals surface area contributed by atoms with Gasteiger partial charge >= 0.3 is 0 Å². The third kappa shape index (κ3) is 5.27. The van der Waals surface area contributed by atoms with Gasteiger partial charge < -0.3 is 10.2 Å². The molecule has 0 amide bonds. The Morgan fingerprint density at radius 3 is 2.76 bits per heavy atom. The largest absolute Gasteiger partial charge is 0.355 e. The highest BCUT2D eigenvalue weighted by molar-refractivity contribution is 5.35. The fourth-order valence-electron chi connectivity index (χ4n) is 2.89. The van der Waals surface area contributed by atoms with Crippen molar-refractivity contribution in [3.63, 3.8) is 0 Å². The van der Waals surface area contributed by atoms with Crippen LogP contribution in [0, 0.1) is 11.8 Å². The lowest BCUT2D eigenvalue weighted by Crippen LogP contribution is -2.26. The van der Waals surface area contributed by atoms with Gasteiger partial charge in [-0.1, -0.05) is 27.2 Å². The first-order valence-corrected chi connectivity index (χ1v) is 8.45. The Balaban J connectivity index is 1.86. The maximum Gasteiger partial charge on any atom is 0.147 e. The van der Waals surface area contributed by atoms with E-state index >= 15 is 0 Å². The molecule has 1 N–H and O–H groups in total. The molecule has 1 aromatic heterocycles. The second-order valence-corrected chi connectivity index (χ2v) is 6.58. The maximum absolute atomic E-state index is 4.62. The summed E-state index contributed by atoms with van der Waals surface area (Å²) in [6.07, 6.45) is 9.09. The lowest BCUT2D eigenvalue weighted by molar-refractivity contribution is 0.459. The second-order valence-electron chi connectivity index (χ2n) is 6.58. The number of nitrogens with zero attached hydrogens (tertiary/aromatic N) is 3. The SMILES string of the molecule is CCC1CCCN(c2cnc(CNCC(C)C)cn2)CC1. The van der Waals surface area contributed by atoms with Crippen LogP contribution in [0.15, 0.2) is 12.4 Å². The normalized spacial score (nSPS) is 19.8. The van der Waals surface area contributed by atoms with Crippen molar-refractivity contribution in [3.05, 3.63) is 18.1 Å². The van der Waals surface area contributed by atoms with Gasteiger partial charge in [0.1, 0.15) is 5.82 Å². The van der Waals surface area contributed by atoms with E-state index in [1.54, 1.807) is 0 Å². The predicted molar refractivity (Wildman–Crippen MR) is 88.4 cm³/mol. The molecule has 1 aromatic rings. The van der Waals surface area contributed by atoms with Crippen LogP contribution in [0.3, 0.4) is 0 Å². The number of nitrogens with one attached hydrogen (secondary N) is 1. The Kier molecular flexibility index (Phi) is 6.43. The lowest BCUT2D eigenvalue weighted by Gasteiger charge is -2.21. The zero-order valence-corrected chi connectivity index (χ0v) is 13.8. The van der Waals surface area contributed by atoms with Crippen molar-refractivity contribution in [1.29, 1.82) is 0 Å². The Morgan fingerprint density at radius 2 is 2.10 bits per heavy atom. The molecule has 118 valence electrons. The third-order valence-electron chi connectivity index (χ3n) is 4.30. The molecular formula is C17H30N4. The summed E-state index contributed by atoms with van der Waals surface area (Å²) >= 11 is 0. The molecule has 21 heavy (non-hydrogen) atoms. The third-order valence-corrected chi connectivity index (χ3v) is 4.30. The quantitative estimate of drug-likeness (QED) is 0.873. The van der Waals surface area contributed by atoms with E-state index in [1.165, 1.54) is 25.7 Å². The minimum Gasteiger partial charge on any atom is -0.355 e. The summed E-state index contributed by atoms with van der Waals surface area (Å²) in [6, 6.07) is 0. The first-order valence-electron chi connectivity index (χ1n) is 8.45. The summed E-state index contributed by atoms with van der Waals surface area (Å²) in [5.74, 6) is 2.60. The first-order chi connectivity index (χ1) is 10.2. The molecule has 0 spiro atoms. The van der Waals surface area contributed by atoms with Crippen molar-refractivity contribution in [2.75, 3.05) is 24.5 Å². The van der Waals surface area contributed by atoms with Gasteiger partial charge in [-0.3, -0.25) is 4.98 Å². The van der Waals surface area contributed by atoms with Gasteiger partial charge in [-0.15, -0.1) is 0 Å². The molecule has 4 heteroatoms. The predicted octanol–water partition coefficient (Wildman–Crippen LogP) is 3.24. The van der Waals surface area contributed by atoms with Gasteiger partial charge in [0.25, 0.3) is 0 Å². The molecule has 0 saturated carbocycles. The summed E-state index contributed by atoms with van der Waals surface area (Å²) < 4.78 is 0. The van der Waals surface area contributed by atoms with Gasteiger partial charge in [0.05, 0.1) is 18.1 Å². The van der Waals surface area contributed by atoms with E-state index in [-0.39, 0.29) is 0 Å². The minimum absolute atomic E-state index is 0.667. The van der Waals surface area contributed by atoms with Crippen LogP contribution in [0.5, 0.6) is 0 Å². The van der Waals surface area contributed by atoms with Crippen molar-refractivity contribution < 1.29 is 0 Å². The van der Waals surface area contributed by atoms with Crippen LogP contribution in [0.2, 0.25) is 0 Å². The van der Waals surface area contributed by atoms with E-state index in [4.69, 9.17) is 0 Å². The average Bonchev–Trinajstić information content (AvgIpc) is 2.73. The molecule has 1 unspecified atom stereocenters. The molecule has 0 aromatic carbocycles. The monoisotopic (exact) mass is 290 g/mol. The lowest BCUT2D eigenvalue weighted by atomic mass is 9.98. The maximum atomic E-state index is 4.62. The molecule has 1 saturated heterocycles. The molecule has 0 radical (unpaired) electrons. The van der Waals surface area contributed by atoms with Gasteiger partial charge in [-0.25, -0.2) is 4.98 Å². The van der Waals surface area contributed by atoms with E-state index in [0.717, 1.165) is 43.6 Å². The minimum atomic E-state index is 0.667. The Labute approximate surface area is 129 Å². The van der Waals surface area contributed by atoms with Crippen LogP contribution in [0.4, 0.5) is 5.82 Å². The van der Waals surface area contributed by atoms with Crippen molar-refractivity contribution in [2.24, 2.45) is 11.8 Å². The summed E-state index contributed by atoms with van der Waals surface area (Å²) in [5, 5.41) is 3.41. The van der Waals surface area contributed by atoms with Crippen LogP contribution >= 0.6 is 0 Å². The summed E-state index contributed by atoms with van der Waals surface area (Å²) in [7, 11) is 0. The van der Waals surface area contributed by atoms with E-state index < -0.39 is 0 Å². The molecule has 1 aliphatic heterocycles. The standard InChI is InChI=1S/C17H30N4/c1-4-15-6-5-8-21(9-7-15)17-13-19-16(12-20-17)11-18-10-14(2)3/h12-15,18H,4-11H2,1-3H3.